The molecule has 0 aromatic carbocycles. The first-order valence-electron chi connectivity index (χ1n) is 7.70. The van der Waals surface area contributed by atoms with E-state index in [4.69, 9.17) is 4.42 Å². The van der Waals surface area contributed by atoms with Crippen LogP contribution in [0.15, 0.2) is 16.7 Å². The molecule has 1 saturated carbocycles. The van der Waals surface area contributed by atoms with Crippen molar-refractivity contribution in [2.45, 2.75) is 59.2 Å². The Kier molecular flexibility index (Phi) is 5.46. The van der Waals surface area contributed by atoms with Crippen LogP contribution in [0.1, 0.15) is 51.4 Å². The molecule has 1 aliphatic carbocycles. The van der Waals surface area contributed by atoms with E-state index in [0.29, 0.717) is 0 Å². The van der Waals surface area contributed by atoms with Gasteiger partial charge in [-0.25, -0.2) is 0 Å². The van der Waals surface area contributed by atoms with Gasteiger partial charge in [0.2, 0.25) is 0 Å². The molecule has 0 radical (unpaired) electrons. The SMILES string of the molecule is CCCNCc1ccoc1CN(CC(C)C)C1CC1. The normalized spacial score (nSPS) is 15.6. The molecule has 1 N–H and O–H groups in total. The van der Waals surface area contributed by atoms with E-state index in [9.17, 15) is 0 Å². The fourth-order valence-electron chi connectivity index (χ4n) is 2.50. The highest BCUT2D eigenvalue weighted by Crippen LogP contribution is 2.29. The lowest BCUT2D eigenvalue weighted by molar-refractivity contribution is 0.208. The lowest BCUT2D eigenvalue weighted by Gasteiger charge is -2.23. The number of nitrogens with one attached hydrogen (secondary N) is 1. The molecule has 0 spiro atoms. The first kappa shape index (κ1) is 14.6. The molecule has 0 atom stereocenters. The zero-order chi connectivity index (χ0) is 13.7. The molecular weight excluding hydrogens is 236 g/mol. The van der Waals surface area contributed by atoms with Gasteiger partial charge < -0.3 is 9.73 Å². The maximum absolute atomic E-state index is 5.70. The molecule has 2 rings (SSSR count). The topological polar surface area (TPSA) is 28.4 Å². The summed E-state index contributed by atoms with van der Waals surface area (Å²) in [7, 11) is 0. The molecule has 3 nitrogen and oxygen atoms in total. The van der Waals surface area contributed by atoms with E-state index >= 15 is 0 Å². The largest absolute Gasteiger partial charge is 0.468 e. The molecule has 108 valence electrons. The second-order valence-corrected chi connectivity index (χ2v) is 6.10. The zero-order valence-corrected chi connectivity index (χ0v) is 12.6. The standard InChI is InChI=1S/C16H28N2O/c1-4-8-17-10-14-7-9-19-16(14)12-18(11-13(2)3)15-5-6-15/h7,9,13,15,17H,4-6,8,10-12H2,1-3H3. The van der Waals surface area contributed by atoms with E-state index in [2.05, 4.69) is 37.1 Å². The molecule has 1 aliphatic rings. The summed E-state index contributed by atoms with van der Waals surface area (Å²) in [6.07, 6.45) is 5.72. The molecule has 0 saturated heterocycles. The third-order valence-electron chi connectivity index (χ3n) is 3.59. The number of nitrogens with zero attached hydrogens (tertiary/aromatic N) is 1. The van der Waals surface area contributed by atoms with Crippen molar-refractivity contribution >= 4 is 0 Å². The van der Waals surface area contributed by atoms with Crippen molar-refractivity contribution in [1.29, 1.82) is 0 Å². The zero-order valence-electron chi connectivity index (χ0n) is 12.6. The molecule has 0 aliphatic heterocycles. The van der Waals surface area contributed by atoms with E-state index in [0.717, 1.165) is 37.4 Å². The molecule has 0 unspecified atom stereocenters. The molecule has 0 amide bonds. The lowest BCUT2D eigenvalue weighted by atomic mass is 10.2. The number of hydrogen-bond donors (Lipinski definition) is 1. The van der Waals surface area contributed by atoms with Crippen molar-refractivity contribution < 1.29 is 4.42 Å². The summed E-state index contributed by atoms with van der Waals surface area (Å²) in [5.74, 6) is 1.87. The number of rotatable bonds is 9. The Bertz CT molecular complexity index is 369. The Balaban J connectivity index is 1.91. The van der Waals surface area contributed by atoms with Gasteiger partial charge in [0.25, 0.3) is 0 Å². The van der Waals surface area contributed by atoms with Crippen LogP contribution in [-0.2, 0) is 13.1 Å². The van der Waals surface area contributed by atoms with Gasteiger partial charge in [-0.15, -0.1) is 0 Å². The van der Waals surface area contributed by atoms with E-state index in [1.54, 1.807) is 0 Å². The maximum Gasteiger partial charge on any atom is 0.122 e. The lowest BCUT2D eigenvalue weighted by Crippen LogP contribution is -2.30. The highest BCUT2D eigenvalue weighted by atomic mass is 16.3. The number of furan rings is 1. The molecule has 1 aromatic rings. The van der Waals surface area contributed by atoms with Gasteiger partial charge in [-0.1, -0.05) is 20.8 Å². The third-order valence-corrected chi connectivity index (χ3v) is 3.59. The van der Waals surface area contributed by atoms with Crippen LogP contribution in [0.2, 0.25) is 0 Å². The summed E-state index contributed by atoms with van der Waals surface area (Å²) in [5, 5.41) is 3.46. The van der Waals surface area contributed by atoms with Crippen LogP contribution in [0.5, 0.6) is 0 Å². The average molecular weight is 264 g/mol. The van der Waals surface area contributed by atoms with Crippen LogP contribution in [-0.4, -0.2) is 24.0 Å². The first-order valence-corrected chi connectivity index (χ1v) is 7.70. The highest BCUT2D eigenvalue weighted by Gasteiger charge is 2.30. The minimum absolute atomic E-state index is 0.720. The summed E-state index contributed by atoms with van der Waals surface area (Å²) < 4.78 is 5.70. The summed E-state index contributed by atoms with van der Waals surface area (Å²) in [6.45, 7) is 10.9. The van der Waals surface area contributed by atoms with Crippen molar-refractivity contribution in [2.24, 2.45) is 5.92 Å². The van der Waals surface area contributed by atoms with Crippen LogP contribution < -0.4 is 5.32 Å². The molecule has 1 aromatic heterocycles. The Morgan fingerprint density at radius 3 is 2.84 bits per heavy atom. The fourth-order valence-corrected chi connectivity index (χ4v) is 2.50. The van der Waals surface area contributed by atoms with Crippen LogP contribution >= 0.6 is 0 Å². The summed E-state index contributed by atoms with van der Waals surface area (Å²) in [4.78, 5) is 2.59. The average Bonchev–Trinajstić information content (AvgIpc) is 3.12. The van der Waals surface area contributed by atoms with Crippen molar-refractivity contribution in [1.82, 2.24) is 10.2 Å². The van der Waals surface area contributed by atoms with Gasteiger partial charge in [0.15, 0.2) is 0 Å². The van der Waals surface area contributed by atoms with Crippen molar-refractivity contribution in [3.8, 4) is 0 Å². The second kappa shape index (κ2) is 7.11. The Labute approximate surface area is 117 Å². The van der Waals surface area contributed by atoms with Gasteiger partial charge in [-0.05, 0) is 37.8 Å². The van der Waals surface area contributed by atoms with Gasteiger partial charge in [0, 0.05) is 24.7 Å². The van der Waals surface area contributed by atoms with Gasteiger partial charge in [-0.2, -0.15) is 0 Å². The Morgan fingerprint density at radius 1 is 1.42 bits per heavy atom. The van der Waals surface area contributed by atoms with Gasteiger partial charge in [0.1, 0.15) is 5.76 Å². The third kappa shape index (κ3) is 4.66. The molecule has 19 heavy (non-hydrogen) atoms. The predicted molar refractivity (Wildman–Crippen MR) is 79.0 cm³/mol. The van der Waals surface area contributed by atoms with Crippen LogP contribution in [0.25, 0.3) is 0 Å². The molecule has 0 bridgehead atoms. The fraction of sp³-hybridized carbons (Fsp3) is 0.750. The van der Waals surface area contributed by atoms with Gasteiger partial charge in [-0.3, -0.25) is 4.90 Å². The summed E-state index contributed by atoms with van der Waals surface area (Å²) >= 11 is 0. The van der Waals surface area contributed by atoms with Gasteiger partial charge >= 0.3 is 0 Å². The summed E-state index contributed by atoms with van der Waals surface area (Å²) in [6, 6.07) is 2.90. The van der Waals surface area contributed by atoms with Gasteiger partial charge in [0.05, 0.1) is 12.8 Å². The summed E-state index contributed by atoms with van der Waals surface area (Å²) in [5.41, 5.74) is 1.32. The predicted octanol–water partition coefficient (Wildman–Crippen LogP) is 3.40. The molecular formula is C16H28N2O. The molecule has 1 heterocycles. The second-order valence-electron chi connectivity index (χ2n) is 6.10. The van der Waals surface area contributed by atoms with Crippen LogP contribution in [0.4, 0.5) is 0 Å². The van der Waals surface area contributed by atoms with Crippen molar-refractivity contribution in [2.75, 3.05) is 13.1 Å². The smallest absolute Gasteiger partial charge is 0.122 e. The van der Waals surface area contributed by atoms with Crippen LogP contribution in [0.3, 0.4) is 0 Å². The van der Waals surface area contributed by atoms with E-state index in [1.165, 1.54) is 31.4 Å². The van der Waals surface area contributed by atoms with Crippen molar-refractivity contribution in [3.05, 3.63) is 23.7 Å². The minimum Gasteiger partial charge on any atom is -0.468 e. The molecule has 3 heteroatoms. The van der Waals surface area contributed by atoms with Crippen molar-refractivity contribution in [3.63, 3.8) is 0 Å². The van der Waals surface area contributed by atoms with Crippen LogP contribution in [0, 0.1) is 5.92 Å². The number of hydrogen-bond acceptors (Lipinski definition) is 3. The maximum atomic E-state index is 5.70. The Morgan fingerprint density at radius 2 is 2.21 bits per heavy atom. The van der Waals surface area contributed by atoms with E-state index in [-0.39, 0.29) is 0 Å². The molecule has 1 fully saturated rings. The highest BCUT2D eigenvalue weighted by molar-refractivity contribution is 5.17. The van der Waals surface area contributed by atoms with E-state index < -0.39 is 0 Å². The Hall–Kier alpha value is -0.800. The monoisotopic (exact) mass is 264 g/mol. The quantitative estimate of drug-likeness (QED) is 0.693. The van der Waals surface area contributed by atoms with E-state index in [1.807, 2.05) is 6.26 Å². The minimum atomic E-state index is 0.720. The first-order chi connectivity index (χ1) is 9.20.